The topological polar surface area (TPSA) is 113 Å². The van der Waals surface area contributed by atoms with E-state index in [1.54, 1.807) is 24.3 Å². The van der Waals surface area contributed by atoms with Crippen LogP contribution < -0.4 is 5.73 Å². The van der Waals surface area contributed by atoms with Crippen LogP contribution in [0.4, 0.5) is 4.79 Å². The van der Waals surface area contributed by atoms with Crippen LogP contribution in [0.2, 0.25) is 0 Å². The number of carbonyl (C=O) groups excluding carboxylic acids is 1. The molecule has 0 spiro atoms. The first kappa shape index (κ1) is 29.1. The fourth-order valence-electron chi connectivity index (χ4n) is 4.02. The summed E-state index contributed by atoms with van der Waals surface area (Å²) in [6.45, 7) is 15.2. The van der Waals surface area contributed by atoms with E-state index in [4.69, 9.17) is 15.6 Å². The maximum absolute atomic E-state index is 11.4. The average Bonchev–Trinajstić information content (AvgIpc) is 2.71. The molecule has 8 unspecified atom stereocenters. The molecule has 0 aliphatic rings. The van der Waals surface area contributed by atoms with Gasteiger partial charge in [-0.2, -0.15) is 0 Å². The number of aliphatic hydroxyl groups excluding tert-OH is 3. The van der Waals surface area contributed by atoms with E-state index in [-0.39, 0.29) is 36.2 Å². The van der Waals surface area contributed by atoms with E-state index >= 15 is 0 Å². The number of hydrogen-bond acceptors (Lipinski definition) is 5. The van der Waals surface area contributed by atoms with Crippen LogP contribution in [0.3, 0.4) is 0 Å². The Balaban J connectivity index is 5.20. The zero-order valence-electron chi connectivity index (χ0n) is 19.9. The maximum Gasteiger partial charge on any atom is 0.404 e. The Kier molecular flexibility index (Phi) is 14.1. The Labute approximate surface area is 188 Å². The zero-order chi connectivity index (χ0) is 24.1. The number of nitrogens with two attached hydrogens (primary N) is 1. The summed E-state index contributed by atoms with van der Waals surface area (Å²) in [5, 5.41) is 30.3. The molecule has 0 rings (SSSR count). The first-order valence-corrected chi connectivity index (χ1v) is 11.0. The number of allylic oxidation sites excluding steroid dienone is 3. The van der Waals surface area contributed by atoms with E-state index in [0.717, 1.165) is 5.57 Å². The number of primary amides is 1. The van der Waals surface area contributed by atoms with Crippen LogP contribution in [0.15, 0.2) is 48.6 Å². The lowest BCUT2D eigenvalue weighted by Gasteiger charge is -2.33. The predicted octanol–water partition coefficient (Wildman–Crippen LogP) is 3.98. The van der Waals surface area contributed by atoms with Gasteiger partial charge in [-0.25, -0.2) is 4.79 Å². The zero-order valence-corrected chi connectivity index (χ0v) is 19.9. The van der Waals surface area contributed by atoms with Gasteiger partial charge in [-0.1, -0.05) is 83.2 Å². The third-order valence-corrected chi connectivity index (χ3v) is 5.77. The minimum atomic E-state index is -0.862. The predicted molar refractivity (Wildman–Crippen MR) is 126 cm³/mol. The van der Waals surface area contributed by atoms with Crippen molar-refractivity contribution in [3.8, 4) is 0 Å². The molecule has 0 aromatic rings. The highest BCUT2D eigenvalue weighted by atomic mass is 16.6. The van der Waals surface area contributed by atoms with Gasteiger partial charge in [-0.3, -0.25) is 0 Å². The average molecular weight is 438 g/mol. The lowest BCUT2D eigenvalue weighted by Crippen LogP contribution is -2.41. The molecule has 0 fully saturated rings. The summed E-state index contributed by atoms with van der Waals surface area (Å²) in [6, 6.07) is 0. The number of hydrogen-bond donors (Lipinski definition) is 4. The van der Waals surface area contributed by atoms with Gasteiger partial charge >= 0.3 is 6.09 Å². The van der Waals surface area contributed by atoms with Crippen molar-refractivity contribution in [3.05, 3.63) is 48.6 Å². The second kappa shape index (κ2) is 15.0. The molecule has 0 aliphatic heterocycles. The van der Waals surface area contributed by atoms with E-state index in [9.17, 15) is 15.0 Å². The number of ether oxygens (including phenoxy) is 1. The fraction of sp³-hybridized carbons (Fsp3) is 0.640. The van der Waals surface area contributed by atoms with Crippen molar-refractivity contribution in [2.24, 2.45) is 35.3 Å². The van der Waals surface area contributed by atoms with E-state index in [1.165, 1.54) is 0 Å². The molecule has 5 N–H and O–H groups in total. The third kappa shape index (κ3) is 10.8. The van der Waals surface area contributed by atoms with E-state index in [1.807, 2.05) is 53.7 Å². The maximum atomic E-state index is 11.4. The van der Waals surface area contributed by atoms with Crippen molar-refractivity contribution >= 4 is 6.09 Å². The molecule has 6 heteroatoms. The molecule has 0 saturated heterocycles. The molecule has 0 bridgehead atoms. The van der Waals surface area contributed by atoms with Gasteiger partial charge in [0.05, 0.1) is 18.8 Å². The first-order chi connectivity index (χ1) is 14.5. The number of rotatable bonds is 14. The Morgan fingerprint density at radius 2 is 1.65 bits per heavy atom. The standard InChI is InChI=1S/C25H43NO5/c1-8-9-11-18(4)24(31-25(26)30)21(7)23(29)20(6)15-16(2)14-19(5)22(28)17(3)12-10-13-27/h8-12,14,17-24,27-29H,1,13,15H2,2-7H3,(H2,26,30)/b11-9+,12-10+,16-14+. The molecule has 0 heterocycles. The molecule has 0 saturated carbocycles. The SMILES string of the molecule is C=C/C=C/C(C)C(OC(N)=O)C(C)C(O)C(C)C/C(C)=C/C(C)C(O)C(C)/C=C/CO. The minimum absolute atomic E-state index is 0.0453. The smallest absolute Gasteiger partial charge is 0.404 e. The molecule has 31 heavy (non-hydrogen) atoms. The van der Waals surface area contributed by atoms with Crippen molar-refractivity contribution in [2.75, 3.05) is 6.61 Å². The first-order valence-electron chi connectivity index (χ1n) is 11.0. The Morgan fingerprint density at radius 1 is 1.03 bits per heavy atom. The van der Waals surface area contributed by atoms with Gasteiger partial charge in [0, 0.05) is 23.7 Å². The summed E-state index contributed by atoms with van der Waals surface area (Å²) in [7, 11) is 0. The van der Waals surface area contributed by atoms with Gasteiger partial charge in [-0.15, -0.1) is 0 Å². The van der Waals surface area contributed by atoms with Crippen molar-refractivity contribution < 1.29 is 24.9 Å². The Hall–Kier alpha value is -1.89. The molecule has 0 radical (unpaired) electrons. The van der Waals surface area contributed by atoms with Crippen LogP contribution in [0.25, 0.3) is 0 Å². The van der Waals surface area contributed by atoms with E-state index in [0.29, 0.717) is 6.42 Å². The van der Waals surface area contributed by atoms with Crippen LogP contribution in [0.5, 0.6) is 0 Å². The van der Waals surface area contributed by atoms with Crippen LogP contribution in [0, 0.1) is 29.6 Å². The fourth-order valence-corrected chi connectivity index (χ4v) is 4.02. The highest BCUT2D eigenvalue weighted by Crippen LogP contribution is 2.28. The van der Waals surface area contributed by atoms with Crippen LogP contribution >= 0.6 is 0 Å². The van der Waals surface area contributed by atoms with E-state index < -0.39 is 24.4 Å². The number of aliphatic hydroxyl groups is 3. The van der Waals surface area contributed by atoms with Crippen molar-refractivity contribution in [2.45, 2.75) is 66.3 Å². The van der Waals surface area contributed by atoms with E-state index in [2.05, 4.69) is 6.58 Å². The molecule has 0 aromatic carbocycles. The van der Waals surface area contributed by atoms with Gasteiger partial charge in [0.15, 0.2) is 0 Å². The van der Waals surface area contributed by atoms with Crippen LogP contribution in [-0.2, 0) is 4.74 Å². The normalized spacial score (nSPS) is 20.6. The largest absolute Gasteiger partial charge is 0.445 e. The van der Waals surface area contributed by atoms with Crippen LogP contribution in [0.1, 0.15) is 48.0 Å². The Bertz CT molecular complexity index is 627. The molecule has 0 aromatic heterocycles. The minimum Gasteiger partial charge on any atom is -0.445 e. The monoisotopic (exact) mass is 437 g/mol. The second-order valence-electron chi connectivity index (χ2n) is 8.74. The van der Waals surface area contributed by atoms with Gasteiger partial charge in [-0.05, 0) is 19.3 Å². The van der Waals surface area contributed by atoms with Crippen molar-refractivity contribution in [1.82, 2.24) is 0 Å². The van der Waals surface area contributed by atoms with Crippen molar-refractivity contribution in [1.29, 1.82) is 0 Å². The summed E-state index contributed by atoms with van der Waals surface area (Å²) in [5.41, 5.74) is 6.32. The molecule has 1 amide bonds. The summed E-state index contributed by atoms with van der Waals surface area (Å²) in [5.74, 6) is -0.702. The van der Waals surface area contributed by atoms with Gasteiger partial charge in [0.1, 0.15) is 6.10 Å². The molecule has 0 aliphatic carbocycles. The van der Waals surface area contributed by atoms with Gasteiger partial charge in [0.2, 0.25) is 0 Å². The summed E-state index contributed by atoms with van der Waals surface area (Å²) in [6.07, 6.45) is 8.70. The lowest BCUT2D eigenvalue weighted by molar-refractivity contribution is -0.0266. The molecular weight excluding hydrogens is 394 g/mol. The number of amides is 1. The van der Waals surface area contributed by atoms with Crippen molar-refractivity contribution in [3.63, 3.8) is 0 Å². The molecule has 178 valence electrons. The summed E-state index contributed by atoms with van der Waals surface area (Å²) in [4.78, 5) is 11.4. The Morgan fingerprint density at radius 3 is 2.16 bits per heavy atom. The van der Waals surface area contributed by atoms with Crippen LogP contribution in [-0.4, -0.2) is 46.3 Å². The number of carbonyl (C=O) groups is 1. The van der Waals surface area contributed by atoms with Gasteiger partial charge < -0.3 is 25.8 Å². The summed E-state index contributed by atoms with van der Waals surface area (Å²) >= 11 is 0. The molecular formula is C25H43NO5. The summed E-state index contributed by atoms with van der Waals surface area (Å²) < 4.78 is 5.32. The molecule has 6 nitrogen and oxygen atoms in total. The quantitative estimate of drug-likeness (QED) is 0.242. The van der Waals surface area contributed by atoms with Gasteiger partial charge in [0.25, 0.3) is 0 Å². The lowest BCUT2D eigenvalue weighted by atomic mass is 9.81. The highest BCUT2D eigenvalue weighted by Gasteiger charge is 2.33. The third-order valence-electron chi connectivity index (χ3n) is 5.77. The molecule has 8 atom stereocenters. The second-order valence-corrected chi connectivity index (χ2v) is 8.74. The highest BCUT2D eigenvalue weighted by molar-refractivity contribution is 5.64.